The lowest BCUT2D eigenvalue weighted by atomic mass is 9.79. The van der Waals surface area contributed by atoms with Gasteiger partial charge in [0.05, 0.1) is 24.1 Å². The fraction of sp³-hybridized carbons (Fsp3) is 0.632. The molecule has 2 aromatic heterocycles. The van der Waals surface area contributed by atoms with Crippen LogP contribution in [0.5, 0.6) is 0 Å². The summed E-state index contributed by atoms with van der Waals surface area (Å²) in [5, 5.41) is 11.8. The summed E-state index contributed by atoms with van der Waals surface area (Å²) in [7, 11) is 1.72. The predicted octanol–water partition coefficient (Wildman–Crippen LogP) is 2.07. The second-order valence-electron chi connectivity index (χ2n) is 7.58. The van der Waals surface area contributed by atoms with Crippen LogP contribution in [0.4, 0.5) is 0 Å². The summed E-state index contributed by atoms with van der Waals surface area (Å²) < 4.78 is 7.31. The van der Waals surface area contributed by atoms with Crippen molar-refractivity contribution in [3.05, 3.63) is 23.5 Å². The van der Waals surface area contributed by atoms with Crippen LogP contribution < -0.4 is 10.6 Å². The molecule has 0 spiro atoms. The largest absolute Gasteiger partial charge is 0.384 e. The number of aromatic nitrogens is 3. The van der Waals surface area contributed by atoms with Gasteiger partial charge in [-0.05, 0) is 52.8 Å². The molecule has 1 amide bonds. The number of carbonyl (C=O) groups is 1. The van der Waals surface area contributed by atoms with Gasteiger partial charge >= 0.3 is 0 Å². The number of nitrogens with zero attached hydrogens (tertiary/aromatic N) is 3. The zero-order valence-electron chi connectivity index (χ0n) is 16.1. The molecule has 2 aromatic rings. The fourth-order valence-corrected chi connectivity index (χ4v) is 3.67. The van der Waals surface area contributed by atoms with Gasteiger partial charge in [0.2, 0.25) is 0 Å². The molecule has 2 N–H and O–H groups in total. The standard InChI is InChI=1S/C19H29N5O2/c1-13(2)24-17-15(10-22-24)9-16(14(3)23-17)18(25)21-11-19(12-26-4)5-7-20-8-6-19/h9-10,13,20H,5-8,11-12H2,1-4H3,(H,21,25). The van der Waals surface area contributed by atoms with Crippen molar-refractivity contribution in [2.24, 2.45) is 5.41 Å². The summed E-state index contributed by atoms with van der Waals surface area (Å²) in [4.78, 5) is 17.4. The Balaban J connectivity index is 1.78. The number of pyridine rings is 1. The van der Waals surface area contributed by atoms with E-state index >= 15 is 0 Å². The number of ether oxygens (including phenoxy) is 1. The van der Waals surface area contributed by atoms with E-state index in [2.05, 4.69) is 34.6 Å². The van der Waals surface area contributed by atoms with Crippen molar-refractivity contribution < 1.29 is 9.53 Å². The van der Waals surface area contributed by atoms with Gasteiger partial charge in [0, 0.05) is 30.5 Å². The van der Waals surface area contributed by atoms with Crippen LogP contribution >= 0.6 is 0 Å². The minimum atomic E-state index is -0.0804. The number of hydrogen-bond acceptors (Lipinski definition) is 5. The molecule has 1 aliphatic rings. The zero-order chi connectivity index (χ0) is 18.7. The van der Waals surface area contributed by atoms with E-state index in [9.17, 15) is 4.79 Å². The molecule has 26 heavy (non-hydrogen) atoms. The van der Waals surface area contributed by atoms with E-state index < -0.39 is 0 Å². The Morgan fingerprint density at radius 3 is 2.81 bits per heavy atom. The van der Waals surface area contributed by atoms with Crippen LogP contribution in [0.1, 0.15) is 48.8 Å². The zero-order valence-corrected chi connectivity index (χ0v) is 16.1. The number of fused-ring (bicyclic) bond motifs is 1. The van der Waals surface area contributed by atoms with Crippen molar-refractivity contribution in [1.29, 1.82) is 0 Å². The Morgan fingerprint density at radius 2 is 2.15 bits per heavy atom. The smallest absolute Gasteiger partial charge is 0.253 e. The van der Waals surface area contributed by atoms with Gasteiger partial charge in [-0.1, -0.05) is 0 Å². The minimum Gasteiger partial charge on any atom is -0.384 e. The maximum absolute atomic E-state index is 12.8. The van der Waals surface area contributed by atoms with Gasteiger partial charge in [0.25, 0.3) is 5.91 Å². The predicted molar refractivity (Wildman–Crippen MR) is 101 cm³/mol. The number of hydrogen-bond donors (Lipinski definition) is 2. The lowest BCUT2D eigenvalue weighted by Crippen LogP contribution is -2.47. The highest BCUT2D eigenvalue weighted by atomic mass is 16.5. The van der Waals surface area contributed by atoms with Crippen molar-refractivity contribution in [3.8, 4) is 0 Å². The molecule has 7 nitrogen and oxygen atoms in total. The first kappa shape index (κ1) is 18.8. The molecule has 1 fully saturated rings. The molecule has 1 aliphatic heterocycles. The van der Waals surface area contributed by atoms with Crippen LogP contribution in [-0.2, 0) is 4.74 Å². The average molecular weight is 359 g/mol. The van der Waals surface area contributed by atoms with Crippen molar-refractivity contribution in [2.75, 3.05) is 33.4 Å². The van der Waals surface area contributed by atoms with Crippen molar-refractivity contribution in [1.82, 2.24) is 25.4 Å². The Morgan fingerprint density at radius 1 is 1.42 bits per heavy atom. The average Bonchev–Trinajstić information content (AvgIpc) is 3.03. The molecule has 0 aromatic carbocycles. The molecule has 0 aliphatic carbocycles. The summed E-state index contributed by atoms with van der Waals surface area (Å²) in [5.41, 5.74) is 2.16. The SMILES string of the molecule is COCC1(CNC(=O)c2cc3cnn(C(C)C)c3nc2C)CCNCC1. The first-order valence-electron chi connectivity index (χ1n) is 9.28. The molecular formula is C19H29N5O2. The number of carbonyl (C=O) groups excluding carboxylic acids is 1. The third-order valence-electron chi connectivity index (χ3n) is 5.23. The number of piperidine rings is 1. The Kier molecular flexibility index (Phi) is 5.58. The van der Waals surface area contributed by atoms with Gasteiger partial charge < -0.3 is 15.4 Å². The second kappa shape index (κ2) is 7.72. The number of methoxy groups -OCH3 is 1. The summed E-state index contributed by atoms with van der Waals surface area (Å²) in [6, 6.07) is 2.12. The Hall–Kier alpha value is -1.99. The summed E-state index contributed by atoms with van der Waals surface area (Å²) >= 11 is 0. The quantitative estimate of drug-likeness (QED) is 0.825. The summed E-state index contributed by atoms with van der Waals surface area (Å²) in [5.74, 6) is -0.0804. The van der Waals surface area contributed by atoms with Crippen molar-refractivity contribution in [3.63, 3.8) is 0 Å². The topological polar surface area (TPSA) is 81.1 Å². The third-order valence-corrected chi connectivity index (χ3v) is 5.23. The number of nitrogens with one attached hydrogen (secondary N) is 2. The first-order chi connectivity index (χ1) is 12.5. The normalized spacial score (nSPS) is 17.0. The molecule has 1 saturated heterocycles. The highest BCUT2D eigenvalue weighted by Crippen LogP contribution is 2.28. The van der Waals surface area contributed by atoms with Crippen LogP contribution in [0.15, 0.2) is 12.3 Å². The lowest BCUT2D eigenvalue weighted by molar-refractivity contribution is 0.0511. The monoisotopic (exact) mass is 359 g/mol. The second-order valence-corrected chi connectivity index (χ2v) is 7.58. The highest BCUT2D eigenvalue weighted by Gasteiger charge is 2.32. The van der Waals surface area contributed by atoms with Crippen LogP contribution in [0.2, 0.25) is 0 Å². The Labute approximate surface area is 154 Å². The van der Waals surface area contributed by atoms with Gasteiger partial charge in [-0.15, -0.1) is 0 Å². The van der Waals surface area contributed by atoms with Gasteiger partial charge in [0.15, 0.2) is 5.65 Å². The molecule has 3 rings (SSSR count). The molecule has 0 saturated carbocycles. The van der Waals surface area contributed by atoms with E-state index in [1.807, 2.05) is 17.7 Å². The molecule has 0 atom stereocenters. The van der Waals surface area contributed by atoms with Crippen LogP contribution in [0, 0.1) is 12.3 Å². The van der Waals surface area contributed by atoms with Crippen LogP contribution in [0.25, 0.3) is 11.0 Å². The molecule has 7 heteroatoms. The number of aryl methyl sites for hydroxylation is 1. The highest BCUT2D eigenvalue weighted by molar-refractivity contribution is 5.98. The number of rotatable bonds is 6. The van der Waals surface area contributed by atoms with E-state index in [1.165, 1.54) is 0 Å². The summed E-state index contributed by atoms with van der Waals surface area (Å²) in [6.07, 6.45) is 3.77. The molecule has 0 bridgehead atoms. The Bertz CT molecular complexity index is 772. The van der Waals surface area contributed by atoms with Crippen LogP contribution in [0.3, 0.4) is 0 Å². The van der Waals surface area contributed by atoms with E-state index in [0.29, 0.717) is 18.7 Å². The molecule has 0 unspecified atom stereocenters. The number of amides is 1. The minimum absolute atomic E-state index is 0.00359. The van der Waals surface area contributed by atoms with Crippen molar-refractivity contribution in [2.45, 2.75) is 39.7 Å². The van der Waals surface area contributed by atoms with Crippen molar-refractivity contribution >= 4 is 16.9 Å². The lowest BCUT2D eigenvalue weighted by Gasteiger charge is -2.37. The van der Waals surface area contributed by atoms with Gasteiger partial charge in [0.1, 0.15) is 0 Å². The summed E-state index contributed by atoms with van der Waals surface area (Å²) in [6.45, 7) is 9.20. The van der Waals surface area contributed by atoms with Gasteiger partial charge in [-0.25, -0.2) is 9.67 Å². The van der Waals surface area contributed by atoms with Crippen LogP contribution in [-0.4, -0.2) is 54.0 Å². The maximum Gasteiger partial charge on any atom is 0.253 e. The van der Waals surface area contributed by atoms with E-state index in [1.54, 1.807) is 13.3 Å². The van der Waals surface area contributed by atoms with E-state index in [-0.39, 0.29) is 17.4 Å². The fourth-order valence-electron chi connectivity index (χ4n) is 3.67. The molecular weight excluding hydrogens is 330 g/mol. The van der Waals surface area contributed by atoms with E-state index in [0.717, 1.165) is 42.7 Å². The van der Waals surface area contributed by atoms with E-state index in [4.69, 9.17) is 4.74 Å². The first-order valence-corrected chi connectivity index (χ1v) is 9.28. The molecule has 3 heterocycles. The molecule has 142 valence electrons. The maximum atomic E-state index is 12.8. The van der Waals surface area contributed by atoms with Gasteiger partial charge in [-0.2, -0.15) is 5.10 Å². The third kappa shape index (κ3) is 3.73. The molecule has 0 radical (unpaired) electrons. The van der Waals surface area contributed by atoms with Gasteiger partial charge in [-0.3, -0.25) is 4.79 Å².